The van der Waals surface area contributed by atoms with Gasteiger partial charge in [-0.1, -0.05) is 50.6 Å². The fourth-order valence-electron chi connectivity index (χ4n) is 3.16. The molecular formula is C19H31NO. The molecule has 0 saturated heterocycles. The molecule has 2 nitrogen and oxygen atoms in total. The molecule has 1 fully saturated rings. The van der Waals surface area contributed by atoms with Crippen LogP contribution in [0.15, 0.2) is 24.3 Å². The Morgan fingerprint density at radius 2 is 1.86 bits per heavy atom. The first-order chi connectivity index (χ1) is 10.1. The summed E-state index contributed by atoms with van der Waals surface area (Å²) in [4.78, 5) is 0. The molecule has 0 aromatic heterocycles. The van der Waals surface area contributed by atoms with Crippen molar-refractivity contribution < 1.29 is 4.74 Å². The quantitative estimate of drug-likeness (QED) is 0.833. The Labute approximate surface area is 130 Å². The fraction of sp³-hybridized carbons (Fsp3) is 0.684. The van der Waals surface area contributed by atoms with Gasteiger partial charge in [-0.3, -0.25) is 0 Å². The van der Waals surface area contributed by atoms with E-state index < -0.39 is 0 Å². The first-order valence-electron chi connectivity index (χ1n) is 8.52. The highest BCUT2D eigenvalue weighted by atomic mass is 16.5. The average molecular weight is 289 g/mol. The highest BCUT2D eigenvalue weighted by molar-refractivity contribution is 5.23. The Hall–Kier alpha value is -0.860. The van der Waals surface area contributed by atoms with Gasteiger partial charge in [0.05, 0.1) is 12.2 Å². The number of nitrogens with one attached hydrogen (secondary N) is 1. The van der Waals surface area contributed by atoms with E-state index in [1.165, 1.54) is 30.4 Å². The van der Waals surface area contributed by atoms with Gasteiger partial charge >= 0.3 is 0 Å². The molecule has 0 heterocycles. The number of hydrogen-bond acceptors (Lipinski definition) is 2. The Bertz CT molecular complexity index is 414. The van der Waals surface area contributed by atoms with E-state index in [2.05, 4.69) is 57.3 Å². The zero-order valence-electron chi connectivity index (χ0n) is 14.1. The molecule has 1 saturated carbocycles. The van der Waals surface area contributed by atoms with Gasteiger partial charge in [-0.15, -0.1) is 0 Å². The van der Waals surface area contributed by atoms with E-state index in [0.717, 1.165) is 24.9 Å². The Kier molecular flexibility index (Phi) is 6.25. The van der Waals surface area contributed by atoms with E-state index in [0.29, 0.717) is 6.10 Å². The van der Waals surface area contributed by atoms with Crippen LogP contribution in [0.5, 0.6) is 0 Å². The van der Waals surface area contributed by atoms with Gasteiger partial charge in [-0.05, 0) is 50.1 Å². The summed E-state index contributed by atoms with van der Waals surface area (Å²) in [6, 6.07) is 8.80. The molecule has 0 spiro atoms. The molecule has 1 aromatic carbocycles. The molecule has 0 radical (unpaired) electrons. The average Bonchev–Trinajstić information content (AvgIpc) is 2.48. The molecule has 1 N–H and O–H groups in total. The van der Waals surface area contributed by atoms with Crippen LogP contribution < -0.4 is 5.32 Å². The topological polar surface area (TPSA) is 21.3 Å². The third-order valence-electron chi connectivity index (χ3n) is 4.94. The van der Waals surface area contributed by atoms with Crippen LogP contribution >= 0.6 is 0 Å². The van der Waals surface area contributed by atoms with Crippen molar-refractivity contribution in [1.29, 1.82) is 0 Å². The molecule has 0 bridgehead atoms. The molecule has 0 aliphatic heterocycles. The van der Waals surface area contributed by atoms with Gasteiger partial charge in [0.1, 0.15) is 0 Å². The van der Waals surface area contributed by atoms with Crippen molar-refractivity contribution >= 4 is 0 Å². The van der Waals surface area contributed by atoms with E-state index in [4.69, 9.17) is 4.74 Å². The smallest absolute Gasteiger partial charge is 0.0952 e. The lowest BCUT2D eigenvalue weighted by atomic mass is 9.80. The molecule has 1 aromatic rings. The Morgan fingerprint density at radius 3 is 2.48 bits per heavy atom. The van der Waals surface area contributed by atoms with Crippen molar-refractivity contribution in [2.75, 3.05) is 13.1 Å². The monoisotopic (exact) mass is 289 g/mol. The Morgan fingerprint density at radius 1 is 1.14 bits per heavy atom. The van der Waals surface area contributed by atoms with Crippen molar-refractivity contribution in [3.05, 3.63) is 35.4 Å². The molecule has 118 valence electrons. The second-order valence-corrected chi connectivity index (χ2v) is 6.73. The minimum Gasteiger partial charge on any atom is -0.369 e. The molecule has 21 heavy (non-hydrogen) atoms. The summed E-state index contributed by atoms with van der Waals surface area (Å²) in [6.07, 6.45) is 4.31. The molecule has 4 unspecified atom stereocenters. The number of rotatable bonds is 6. The third kappa shape index (κ3) is 4.82. The number of aryl methyl sites for hydroxylation is 1. The second-order valence-electron chi connectivity index (χ2n) is 6.73. The summed E-state index contributed by atoms with van der Waals surface area (Å²) in [5.74, 6) is 1.62. The minimum absolute atomic E-state index is 0.177. The van der Waals surface area contributed by atoms with E-state index in [1.54, 1.807) is 0 Å². The highest BCUT2D eigenvalue weighted by Gasteiger charge is 2.27. The summed E-state index contributed by atoms with van der Waals surface area (Å²) in [5, 5.41) is 3.45. The van der Waals surface area contributed by atoms with E-state index in [9.17, 15) is 0 Å². The van der Waals surface area contributed by atoms with Gasteiger partial charge in [0, 0.05) is 6.54 Å². The van der Waals surface area contributed by atoms with Crippen LogP contribution in [-0.2, 0) is 4.74 Å². The lowest BCUT2D eigenvalue weighted by molar-refractivity contribution is -0.0478. The molecule has 2 rings (SSSR count). The standard InChI is InChI=1S/C19H31NO/c1-5-20-13-19(17-9-6-14(2)7-10-17)21-18-11-8-15(3)16(4)12-18/h6-7,9-10,15-16,18-20H,5,8,11-13H2,1-4H3. The van der Waals surface area contributed by atoms with E-state index in [1.807, 2.05) is 0 Å². The van der Waals surface area contributed by atoms with Gasteiger partial charge in [0.2, 0.25) is 0 Å². The van der Waals surface area contributed by atoms with Crippen molar-refractivity contribution in [2.45, 2.75) is 59.2 Å². The number of benzene rings is 1. The number of hydrogen-bond donors (Lipinski definition) is 1. The summed E-state index contributed by atoms with van der Waals surface area (Å²) >= 11 is 0. The van der Waals surface area contributed by atoms with E-state index >= 15 is 0 Å². The van der Waals surface area contributed by atoms with Gasteiger partial charge in [-0.2, -0.15) is 0 Å². The van der Waals surface area contributed by atoms with Crippen LogP contribution in [-0.4, -0.2) is 19.2 Å². The predicted molar refractivity (Wildman–Crippen MR) is 89.5 cm³/mol. The van der Waals surface area contributed by atoms with Crippen LogP contribution in [0.25, 0.3) is 0 Å². The molecule has 1 aliphatic carbocycles. The lowest BCUT2D eigenvalue weighted by Crippen LogP contribution is -2.31. The molecule has 0 amide bonds. The molecule has 2 heteroatoms. The second kappa shape index (κ2) is 7.95. The van der Waals surface area contributed by atoms with Gasteiger partial charge in [0.25, 0.3) is 0 Å². The third-order valence-corrected chi connectivity index (χ3v) is 4.94. The fourth-order valence-corrected chi connectivity index (χ4v) is 3.16. The van der Waals surface area contributed by atoms with Gasteiger partial charge < -0.3 is 10.1 Å². The number of likely N-dealkylation sites (N-methyl/N-ethyl adjacent to an activating group) is 1. The first-order valence-corrected chi connectivity index (χ1v) is 8.52. The SMILES string of the molecule is CCNCC(OC1CCC(C)C(C)C1)c1ccc(C)cc1. The summed E-state index contributed by atoms with van der Waals surface area (Å²) < 4.78 is 6.48. The van der Waals surface area contributed by atoms with Crippen molar-refractivity contribution in [2.24, 2.45) is 11.8 Å². The van der Waals surface area contributed by atoms with Crippen LogP contribution in [0.3, 0.4) is 0 Å². The van der Waals surface area contributed by atoms with E-state index in [-0.39, 0.29) is 6.10 Å². The van der Waals surface area contributed by atoms with Crippen LogP contribution in [0.1, 0.15) is 57.3 Å². The van der Waals surface area contributed by atoms with Crippen LogP contribution in [0.2, 0.25) is 0 Å². The molecule has 1 aliphatic rings. The first kappa shape index (κ1) is 16.5. The van der Waals surface area contributed by atoms with Crippen molar-refractivity contribution in [3.8, 4) is 0 Å². The maximum Gasteiger partial charge on any atom is 0.0952 e. The summed E-state index contributed by atoms with van der Waals surface area (Å²) in [6.45, 7) is 10.9. The van der Waals surface area contributed by atoms with Crippen LogP contribution in [0, 0.1) is 18.8 Å². The largest absolute Gasteiger partial charge is 0.369 e. The molecular weight excluding hydrogens is 258 g/mol. The van der Waals surface area contributed by atoms with Crippen molar-refractivity contribution in [1.82, 2.24) is 5.32 Å². The molecule has 4 atom stereocenters. The Balaban J connectivity index is 2.00. The van der Waals surface area contributed by atoms with Gasteiger partial charge in [-0.25, -0.2) is 0 Å². The normalized spacial score (nSPS) is 27.5. The maximum absolute atomic E-state index is 6.48. The zero-order chi connectivity index (χ0) is 15.2. The summed E-state index contributed by atoms with van der Waals surface area (Å²) in [7, 11) is 0. The lowest BCUT2D eigenvalue weighted by Gasteiger charge is -2.34. The zero-order valence-corrected chi connectivity index (χ0v) is 14.1. The summed E-state index contributed by atoms with van der Waals surface area (Å²) in [5.41, 5.74) is 2.61. The predicted octanol–water partition coefficient (Wildman–Crippen LogP) is 4.49. The van der Waals surface area contributed by atoms with Gasteiger partial charge in [0.15, 0.2) is 0 Å². The maximum atomic E-state index is 6.48. The highest BCUT2D eigenvalue weighted by Crippen LogP contribution is 2.33. The minimum atomic E-state index is 0.177. The number of ether oxygens (including phenoxy) is 1. The van der Waals surface area contributed by atoms with Crippen LogP contribution in [0.4, 0.5) is 0 Å². The van der Waals surface area contributed by atoms with Crippen molar-refractivity contribution in [3.63, 3.8) is 0 Å².